The molecule has 7 amide bonds. The molecule has 1 unspecified atom stereocenters. The molecule has 2 heterocycles. The van der Waals surface area contributed by atoms with Crippen molar-refractivity contribution in [3.05, 3.63) is 108 Å². The Morgan fingerprint density at radius 1 is 0.737 bits per heavy atom. The molecule has 2 fully saturated rings. The molecule has 0 spiro atoms. The first-order valence-corrected chi connectivity index (χ1v) is 18.7. The zero-order chi connectivity index (χ0) is 41.0. The molecule has 3 aromatic rings. The minimum Gasteiger partial charge on any atom is -0.459 e. The Balaban J connectivity index is 1.24. The number of ether oxygens (including phenoxy) is 3. The standard InChI is InChI=1S/C41H49N7O9/c1-41(2,3)44-37(51)45-22-24-46(25-23-45)39(53)48-33(35(50)55-26-29-14-7-4-8-15-29)32(34(48)49)20-13-21-47(40(54)57-28-31-18-11-6-12-19-31)36(42)43-38(52)56-27-30-16-9-5-10-17-30/h4-12,14-19,32-33H,13,20-28H2,1-3H3,(H,44,51)(H2,42,43,52)/t32-,33?/m1/s1. The zero-order valence-electron chi connectivity index (χ0n) is 32.3. The number of likely N-dealkylation sites (tertiary alicyclic amines) is 1. The number of carbonyl (C=O) groups excluding carboxylic acids is 6. The molecule has 3 aromatic carbocycles. The van der Waals surface area contributed by atoms with Gasteiger partial charge in [-0.05, 0) is 50.3 Å². The van der Waals surface area contributed by atoms with Gasteiger partial charge < -0.3 is 29.3 Å². The Bertz CT molecular complexity index is 1880. The highest BCUT2D eigenvalue weighted by Gasteiger charge is 2.56. The van der Waals surface area contributed by atoms with Crippen LogP contribution in [0.2, 0.25) is 0 Å². The molecule has 0 radical (unpaired) electrons. The highest BCUT2D eigenvalue weighted by atomic mass is 16.6. The van der Waals surface area contributed by atoms with Crippen LogP contribution in [-0.4, -0.2) is 106 Å². The average molecular weight is 784 g/mol. The number of rotatable bonds is 11. The van der Waals surface area contributed by atoms with E-state index in [-0.39, 0.29) is 71.4 Å². The van der Waals surface area contributed by atoms with E-state index in [4.69, 9.17) is 19.6 Å². The minimum atomic E-state index is -1.25. The first-order chi connectivity index (χ1) is 27.3. The molecule has 0 aliphatic carbocycles. The summed E-state index contributed by atoms with van der Waals surface area (Å²) in [6.45, 7) is 5.94. The summed E-state index contributed by atoms with van der Waals surface area (Å²) in [5.41, 5.74) is 1.69. The summed E-state index contributed by atoms with van der Waals surface area (Å²) < 4.78 is 16.3. The molecule has 2 aliphatic rings. The maximum absolute atomic E-state index is 13.8. The lowest BCUT2D eigenvalue weighted by Crippen LogP contribution is -2.70. The van der Waals surface area contributed by atoms with Crippen molar-refractivity contribution >= 4 is 42.1 Å². The van der Waals surface area contributed by atoms with Crippen LogP contribution >= 0.6 is 0 Å². The molecule has 57 heavy (non-hydrogen) atoms. The van der Waals surface area contributed by atoms with Gasteiger partial charge in [0.1, 0.15) is 19.8 Å². The number of carbonyl (C=O) groups is 6. The smallest absolute Gasteiger partial charge is 0.416 e. The third kappa shape index (κ3) is 11.8. The monoisotopic (exact) mass is 783 g/mol. The number of β-lactam (4-membered cyclic amide) rings is 1. The van der Waals surface area contributed by atoms with E-state index in [1.165, 1.54) is 4.90 Å². The van der Waals surface area contributed by atoms with E-state index in [1.54, 1.807) is 77.7 Å². The Labute approximate surface area is 331 Å². The van der Waals surface area contributed by atoms with Gasteiger partial charge in [0.2, 0.25) is 11.9 Å². The van der Waals surface area contributed by atoms with E-state index in [1.807, 2.05) is 39.0 Å². The lowest BCUT2D eigenvalue weighted by molar-refractivity contribution is -0.171. The van der Waals surface area contributed by atoms with Crippen LogP contribution in [-0.2, 0) is 43.6 Å². The minimum absolute atomic E-state index is 0.0304. The zero-order valence-corrected chi connectivity index (χ0v) is 32.3. The predicted octanol–water partition coefficient (Wildman–Crippen LogP) is 5.08. The summed E-state index contributed by atoms with van der Waals surface area (Å²) in [7, 11) is 0. The van der Waals surface area contributed by atoms with Crippen LogP contribution in [0.3, 0.4) is 0 Å². The van der Waals surface area contributed by atoms with Crippen molar-refractivity contribution in [3.8, 4) is 0 Å². The Hall–Kier alpha value is -6.45. The van der Waals surface area contributed by atoms with E-state index in [9.17, 15) is 28.8 Å². The van der Waals surface area contributed by atoms with Crippen molar-refractivity contribution in [1.82, 2.24) is 30.2 Å². The number of urea groups is 2. The quantitative estimate of drug-likeness (QED) is 0.0783. The summed E-state index contributed by atoms with van der Waals surface area (Å²) in [5, 5.41) is 13.7. The van der Waals surface area contributed by atoms with Gasteiger partial charge in [0, 0.05) is 38.3 Å². The molecule has 5 rings (SSSR count). The van der Waals surface area contributed by atoms with Gasteiger partial charge >= 0.3 is 30.2 Å². The fraction of sp³-hybridized carbons (Fsp3) is 0.390. The first-order valence-electron chi connectivity index (χ1n) is 18.7. The van der Waals surface area contributed by atoms with Crippen molar-refractivity contribution in [2.75, 3.05) is 32.7 Å². The summed E-state index contributed by atoms with van der Waals surface area (Å²) in [4.78, 5) is 84.5. The molecular weight excluding hydrogens is 734 g/mol. The number of imide groups is 1. The summed E-state index contributed by atoms with van der Waals surface area (Å²) in [6, 6.07) is 24.6. The van der Waals surface area contributed by atoms with E-state index in [0.29, 0.717) is 11.1 Å². The van der Waals surface area contributed by atoms with Gasteiger partial charge in [0.05, 0.1) is 5.92 Å². The summed E-state index contributed by atoms with van der Waals surface area (Å²) in [6.07, 6.45) is -1.79. The fourth-order valence-corrected chi connectivity index (χ4v) is 6.26. The highest BCUT2D eigenvalue weighted by molar-refractivity contribution is 6.08. The van der Waals surface area contributed by atoms with E-state index in [2.05, 4.69) is 10.6 Å². The number of piperazine rings is 1. The highest BCUT2D eigenvalue weighted by Crippen LogP contribution is 2.33. The van der Waals surface area contributed by atoms with Crippen molar-refractivity contribution in [2.24, 2.45) is 5.92 Å². The van der Waals surface area contributed by atoms with Gasteiger partial charge in [-0.2, -0.15) is 0 Å². The molecule has 2 aliphatic heterocycles. The Kier molecular flexibility index (Phi) is 14.2. The van der Waals surface area contributed by atoms with Crippen LogP contribution in [0.5, 0.6) is 0 Å². The van der Waals surface area contributed by atoms with Gasteiger partial charge in [-0.3, -0.25) is 15.5 Å². The van der Waals surface area contributed by atoms with Crippen LogP contribution < -0.4 is 10.6 Å². The third-order valence-corrected chi connectivity index (χ3v) is 9.23. The predicted molar refractivity (Wildman–Crippen MR) is 207 cm³/mol. The van der Waals surface area contributed by atoms with E-state index in [0.717, 1.165) is 15.4 Å². The molecular formula is C41H49N7O9. The maximum Gasteiger partial charge on any atom is 0.416 e. The number of hydrogen-bond acceptors (Lipinski definition) is 10. The summed E-state index contributed by atoms with van der Waals surface area (Å²) in [5.74, 6) is -2.95. The molecule has 0 aromatic heterocycles. The van der Waals surface area contributed by atoms with Crippen molar-refractivity contribution in [2.45, 2.75) is 65.0 Å². The number of esters is 1. The van der Waals surface area contributed by atoms with Crippen molar-refractivity contribution < 1.29 is 43.0 Å². The van der Waals surface area contributed by atoms with Gasteiger partial charge in [-0.25, -0.2) is 33.8 Å². The van der Waals surface area contributed by atoms with Gasteiger partial charge in [0.15, 0.2) is 6.04 Å². The molecule has 2 atom stereocenters. The maximum atomic E-state index is 13.8. The van der Waals surface area contributed by atoms with Crippen molar-refractivity contribution in [3.63, 3.8) is 0 Å². The first kappa shape index (κ1) is 41.7. The average Bonchev–Trinajstić information content (AvgIpc) is 3.20. The SMILES string of the molecule is CC(C)(C)NC(=O)N1CCN(C(=O)N2C(=O)[C@H](CCCN(C(=N)NC(=O)OCc3ccccc3)C(=O)OCc3ccccc3)C2C(=O)OCc2ccccc2)CC1. The number of guanidine groups is 1. The molecule has 3 N–H and O–H groups in total. The van der Waals surface area contributed by atoms with Crippen LogP contribution in [0.15, 0.2) is 91.0 Å². The fourth-order valence-electron chi connectivity index (χ4n) is 6.26. The van der Waals surface area contributed by atoms with Crippen LogP contribution in [0, 0.1) is 11.3 Å². The molecule has 2 saturated heterocycles. The normalized spacial score (nSPS) is 16.5. The third-order valence-electron chi connectivity index (χ3n) is 9.23. The molecule has 0 bridgehead atoms. The van der Waals surface area contributed by atoms with Gasteiger partial charge in [-0.15, -0.1) is 0 Å². The van der Waals surface area contributed by atoms with E-state index >= 15 is 0 Å². The largest absolute Gasteiger partial charge is 0.459 e. The second-order valence-corrected chi connectivity index (χ2v) is 14.7. The molecule has 16 nitrogen and oxygen atoms in total. The van der Waals surface area contributed by atoms with Crippen molar-refractivity contribution in [1.29, 1.82) is 5.41 Å². The van der Waals surface area contributed by atoms with Crippen LogP contribution in [0.4, 0.5) is 19.2 Å². The number of hydrogen-bond donors (Lipinski definition) is 3. The number of nitrogens with zero attached hydrogens (tertiary/aromatic N) is 4. The number of nitrogens with one attached hydrogen (secondary N) is 3. The van der Waals surface area contributed by atoms with Gasteiger partial charge in [0.25, 0.3) is 0 Å². The Morgan fingerprint density at radius 2 is 1.23 bits per heavy atom. The number of amides is 7. The Morgan fingerprint density at radius 3 is 1.75 bits per heavy atom. The lowest BCUT2D eigenvalue weighted by Gasteiger charge is -2.47. The van der Waals surface area contributed by atoms with E-state index < -0.39 is 53.6 Å². The van der Waals surface area contributed by atoms with Crippen LogP contribution in [0.25, 0.3) is 0 Å². The van der Waals surface area contributed by atoms with Gasteiger partial charge in [-0.1, -0.05) is 91.0 Å². The molecule has 0 saturated carbocycles. The lowest BCUT2D eigenvalue weighted by atomic mass is 9.83. The molecule has 302 valence electrons. The second kappa shape index (κ2) is 19.4. The summed E-state index contributed by atoms with van der Waals surface area (Å²) >= 11 is 0. The van der Waals surface area contributed by atoms with Crippen LogP contribution in [0.1, 0.15) is 50.3 Å². The number of benzene rings is 3. The topological polar surface area (TPSA) is 191 Å². The number of alkyl carbamates (subject to hydrolysis) is 1. The second-order valence-electron chi connectivity index (χ2n) is 14.7. The molecule has 16 heteroatoms.